The summed E-state index contributed by atoms with van der Waals surface area (Å²) >= 11 is 0. The van der Waals surface area contributed by atoms with Crippen molar-refractivity contribution in [2.45, 2.75) is 38.9 Å². The summed E-state index contributed by atoms with van der Waals surface area (Å²) in [4.78, 5) is 18.1. The van der Waals surface area contributed by atoms with E-state index in [2.05, 4.69) is 33.2 Å². The quantitative estimate of drug-likeness (QED) is 0.411. The lowest BCUT2D eigenvalue weighted by Gasteiger charge is -2.38. The lowest BCUT2D eigenvalue weighted by atomic mass is 9.80. The molecule has 1 aliphatic carbocycles. The summed E-state index contributed by atoms with van der Waals surface area (Å²) in [5.74, 6) is 1.54. The van der Waals surface area contributed by atoms with Crippen LogP contribution >= 0.6 is 0 Å². The number of para-hydroxylation sites is 1. The van der Waals surface area contributed by atoms with Crippen molar-refractivity contribution in [1.82, 2.24) is 15.0 Å². The first-order valence-corrected chi connectivity index (χ1v) is 11.6. The second-order valence-corrected chi connectivity index (χ2v) is 9.38. The topological polar surface area (TPSA) is 79.5 Å². The molecule has 6 heteroatoms. The molecular weight excluding hydrogens is 426 g/mol. The van der Waals surface area contributed by atoms with E-state index in [0.717, 1.165) is 60.0 Å². The maximum atomic E-state index is 10.9. The number of carbonyl (C=O) groups excluding carboxylic acids is 1. The number of hydrogen-bond acceptors (Lipinski definition) is 6. The predicted octanol–water partition coefficient (Wildman–Crippen LogP) is 5.38. The number of aryl methyl sites for hydroxylation is 1. The molecule has 0 saturated heterocycles. The van der Waals surface area contributed by atoms with Gasteiger partial charge in [0.05, 0.1) is 0 Å². The summed E-state index contributed by atoms with van der Waals surface area (Å²) in [6, 6.07) is 20.1. The minimum Gasteiger partial charge on any atom is -0.507 e. The highest BCUT2D eigenvalue weighted by Gasteiger charge is 2.36. The van der Waals surface area contributed by atoms with Gasteiger partial charge in [0.2, 0.25) is 5.82 Å². The fourth-order valence-corrected chi connectivity index (χ4v) is 5.12. The Morgan fingerprint density at radius 1 is 0.971 bits per heavy atom. The van der Waals surface area contributed by atoms with E-state index in [1.54, 1.807) is 6.07 Å². The average Bonchev–Trinajstić information content (AvgIpc) is 3.46. The van der Waals surface area contributed by atoms with Crippen LogP contribution in [0.5, 0.6) is 5.75 Å². The van der Waals surface area contributed by atoms with Crippen LogP contribution in [0.1, 0.15) is 29.5 Å². The zero-order valence-corrected chi connectivity index (χ0v) is 18.9. The first kappa shape index (κ1) is 20.8. The Morgan fingerprint density at radius 3 is 2.56 bits per heavy atom. The summed E-state index contributed by atoms with van der Waals surface area (Å²) < 4.78 is 5.60. The molecule has 2 heterocycles. The fourth-order valence-electron chi connectivity index (χ4n) is 5.12. The Balaban J connectivity index is 1.22. The van der Waals surface area contributed by atoms with Gasteiger partial charge in [-0.05, 0) is 66.3 Å². The number of hydrogen-bond donors (Lipinski definition) is 1. The van der Waals surface area contributed by atoms with Gasteiger partial charge in [-0.2, -0.15) is 4.98 Å². The van der Waals surface area contributed by atoms with Crippen LogP contribution in [0.3, 0.4) is 0 Å². The molecule has 0 atom stereocenters. The van der Waals surface area contributed by atoms with Gasteiger partial charge in [-0.25, -0.2) is 0 Å². The van der Waals surface area contributed by atoms with E-state index in [-0.39, 0.29) is 11.7 Å². The number of nitrogens with zero attached hydrogens (tertiary/aromatic N) is 3. The van der Waals surface area contributed by atoms with Crippen LogP contribution in [0, 0.1) is 12.8 Å². The minimum atomic E-state index is 0.234. The van der Waals surface area contributed by atoms with Crippen molar-refractivity contribution in [1.29, 1.82) is 0 Å². The van der Waals surface area contributed by atoms with Gasteiger partial charge in [0.1, 0.15) is 12.0 Å². The molecule has 3 aromatic carbocycles. The molecule has 1 aromatic heterocycles. The average molecular weight is 452 g/mol. The zero-order chi connectivity index (χ0) is 23.2. The van der Waals surface area contributed by atoms with E-state index in [0.29, 0.717) is 17.8 Å². The lowest BCUT2D eigenvalue weighted by molar-refractivity contribution is -0.115. The highest BCUT2D eigenvalue weighted by molar-refractivity contribution is 5.75. The Bertz CT molecular complexity index is 1390. The molecule has 1 N–H and O–H groups in total. The van der Waals surface area contributed by atoms with Crippen LogP contribution in [0.4, 0.5) is 0 Å². The first-order chi connectivity index (χ1) is 16.6. The first-order valence-electron chi connectivity index (χ1n) is 11.6. The number of phenols is 1. The monoisotopic (exact) mass is 451 g/mol. The number of aldehydes is 1. The largest absolute Gasteiger partial charge is 0.507 e. The van der Waals surface area contributed by atoms with Gasteiger partial charge in [0.25, 0.3) is 5.89 Å². The van der Waals surface area contributed by atoms with Gasteiger partial charge in [0, 0.05) is 41.7 Å². The number of aromatic nitrogens is 2. The third-order valence-corrected chi connectivity index (χ3v) is 7.16. The highest BCUT2D eigenvalue weighted by Crippen LogP contribution is 2.37. The van der Waals surface area contributed by atoms with Crippen LogP contribution in [-0.4, -0.2) is 32.5 Å². The minimum absolute atomic E-state index is 0.234. The maximum absolute atomic E-state index is 10.9. The number of fused-ring (bicyclic) bond motifs is 1. The van der Waals surface area contributed by atoms with Crippen LogP contribution < -0.4 is 0 Å². The zero-order valence-electron chi connectivity index (χ0n) is 18.9. The molecule has 6 rings (SSSR count). The molecule has 2 aliphatic rings. The van der Waals surface area contributed by atoms with E-state index in [4.69, 9.17) is 4.52 Å². The van der Waals surface area contributed by atoms with Crippen molar-refractivity contribution < 1.29 is 14.4 Å². The summed E-state index contributed by atoms with van der Waals surface area (Å²) in [5, 5.41) is 14.4. The van der Waals surface area contributed by atoms with Gasteiger partial charge in [-0.15, -0.1) is 0 Å². The molecule has 4 aromatic rings. The third kappa shape index (κ3) is 3.60. The van der Waals surface area contributed by atoms with Crippen molar-refractivity contribution in [3.8, 4) is 39.7 Å². The maximum Gasteiger partial charge on any atom is 0.258 e. The number of rotatable bonds is 5. The molecule has 34 heavy (non-hydrogen) atoms. The van der Waals surface area contributed by atoms with Crippen LogP contribution in [0.15, 0.2) is 65.2 Å². The smallest absolute Gasteiger partial charge is 0.258 e. The molecule has 1 fully saturated rings. The molecule has 0 bridgehead atoms. The number of benzene rings is 3. The van der Waals surface area contributed by atoms with Crippen LogP contribution in [0.2, 0.25) is 0 Å². The number of aromatic hydroxyl groups is 1. The van der Waals surface area contributed by atoms with E-state index in [1.807, 2.05) is 43.3 Å². The van der Waals surface area contributed by atoms with E-state index >= 15 is 0 Å². The summed E-state index contributed by atoms with van der Waals surface area (Å²) in [7, 11) is 0. The van der Waals surface area contributed by atoms with Crippen molar-refractivity contribution in [3.63, 3.8) is 0 Å². The molecule has 0 amide bonds. The highest BCUT2D eigenvalue weighted by atomic mass is 16.5. The molecule has 1 saturated carbocycles. The van der Waals surface area contributed by atoms with E-state index in [1.165, 1.54) is 11.1 Å². The third-order valence-electron chi connectivity index (χ3n) is 7.16. The summed E-state index contributed by atoms with van der Waals surface area (Å²) in [6.45, 7) is 3.84. The van der Waals surface area contributed by atoms with Crippen molar-refractivity contribution >= 4 is 6.29 Å². The van der Waals surface area contributed by atoms with E-state index in [9.17, 15) is 9.90 Å². The molecule has 0 unspecified atom stereocenters. The number of phenolic OH excluding ortho intramolecular Hbond substituents is 1. The molecule has 0 spiro atoms. The van der Waals surface area contributed by atoms with Gasteiger partial charge in [0.15, 0.2) is 0 Å². The van der Waals surface area contributed by atoms with Gasteiger partial charge in [-0.3, -0.25) is 4.90 Å². The predicted molar refractivity (Wildman–Crippen MR) is 129 cm³/mol. The Morgan fingerprint density at radius 2 is 1.76 bits per heavy atom. The molecular formula is C28H25N3O3. The molecule has 1 aliphatic heterocycles. The van der Waals surface area contributed by atoms with Crippen LogP contribution in [-0.2, 0) is 17.9 Å². The Labute approximate surface area is 197 Å². The fraction of sp³-hybridized carbons (Fsp3) is 0.250. The molecule has 0 radical (unpaired) electrons. The van der Waals surface area contributed by atoms with Crippen molar-refractivity contribution in [2.75, 3.05) is 0 Å². The SMILES string of the molecule is Cc1cc(-c2nc(-c3ccc4c(c3)CN([C@H]3C[C@H](C=O)C3)C4)no2)ccc1-c1ccccc1O. The second-order valence-electron chi connectivity index (χ2n) is 9.38. The van der Waals surface area contributed by atoms with E-state index < -0.39 is 0 Å². The van der Waals surface area contributed by atoms with Gasteiger partial charge < -0.3 is 14.4 Å². The van der Waals surface area contributed by atoms with Crippen LogP contribution in [0.25, 0.3) is 34.0 Å². The second kappa shape index (κ2) is 8.22. The van der Waals surface area contributed by atoms with Crippen molar-refractivity contribution in [2.24, 2.45) is 5.92 Å². The van der Waals surface area contributed by atoms with Crippen molar-refractivity contribution in [3.05, 3.63) is 77.4 Å². The Kier molecular flexibility index (Phi) is 5.03. The summed E-state index contributed by atoms with van der Waals surface area (Å²) in [6.07, 6.45) is 3.04. The van der Waals surface area contributed by atoms with Gasteiger partial charge >= 0.3 is 0 Å². The summed E-state index contributed by atoms with van der Waals surface area (Å²) in [5.41, 5.74) is 7.20. The molecule has 6 nitrogen and oxygen atoms in total. The standard InChI is InChI=1S/C28H25N3O3/c1-17-10-20(8-9-24(17)25-4-2-3-5-26(25)33)28-29-27(30-34-28)19-6-7-21-14-31(15-22(21)13-19)23-11-18(12-23)16-32/h2-10,13,16,18,23,33H,11-12,14-15H2,1H3/t18-,23-. The Hall–Kier alpha value is -3.77. The molecule has 170 valence electrons. The number of carbonyl (C=O) groups is 1. The normalized spacial score (nSPS) is 19.6. The van der Waals surface area contributed by atoms with Gasteiger partial charge in [-0.1, -0.05) is 41.6 Å². The lowest BCUT2D eigenvalue weighted by Crippen LogP contribution is -2.42.